The lowest BCUT2D eigenvalue weighted by Crippen LogP contribution is -2.30. The molecule has 0 fully saturated rings. The van der Waals surface area contributed by atoms with Crippen LogP contribution in [0.3, 0.4) is 0 Å². The minimum Gasteiger partial charge on any atom is -0.480 e. The summed E-state index contributed by atoms with van der Waals surface area (Å²) in [4.78, 5) is 9.76. The summed E-state index contributed by atoms with van der Waals surface area (Å²) in [6, 6.07) is 0. The first kappa shape index (κ1) is 8.35. The molecule has 0 aromatic rings. The maximum absolute atomic E-state index is 9.76. The van der Waals surface area contributed by atoms with Gasteiger partial charge in [0.1, 0.15) is 0 Å². The summed E-state index contributed by atoms with van der Waals surface area (Å²) >= 11 is 0. The molecule has 9 heavy (non-hydrogen) atoms. The van der Waals surface area contributed by atoms with Crippen LogP contribution in [-0.2, 0) is 4.79 Å². The van der Waals surface area contributed by atoms with Crippen molar-refractivity contribution in [2.24, 2.45) is 0 Å². The molecule has 5 heteroatoms. The van der Waals surface area contributed by atoms with Crippen LogP contribution in [-0.4, -0.2) is 40.7 Å². The summed E-state index contributed by atoms with van der Waals surface area (Å²) in [6.45, 7) is -0.371. The van der Waals surface area contributed by atoms with Crippen molar-refractivity contribution >= 4 is 5.97 Å². The molecular weight excluding hydrogens is 126 g/mol. The van der Waals surface area contributed by atoms with Gasteiger partial charge in [0.05, 0.1) is 6.54 Å². The second-order valence-corrected chi connectivity index (χ2v) is 1.51. The molecule has 0 aliphatic carbocycles. The number of carboxylic acid groups (broad SMARTS) is 1. The van der Waals surface area contributed by atoms with Gasteiger partial charge < -0.3 is 20.6 Å². The van der Waals surface area contributed by atoms with Crippen molar-refractivity contribution in [3.8, 4) is 0 Å². The third-order valence-corrected chi connectivity index (χ3v) is 0.603. The molecule has 0 bridgehead atoms. The molecule has 5 nitrogen and oxygen atoms in total. The van der Waals surface area contributed by atoms with Crippen molar-refractivity contribution in [1.82, 2.24) is 5.32 Å². The zero-order chi connectivity index (χ0) is 7.28. The molecule has 0 aliphatic heterocycles. The molecule has 0 atom stereocenters. The molecule has 0 saturated carbocycles. The van der Waals surface area contributed by atoms with Crippen molar-refractivity contribution in [2.75, 3.05) is 13.1 Å². The van der Waals surface area contributed by atoms with Gasteiger partial charge in [0.15, 0.2) is 6.29 Å². The van der Waals surface area contributed by atoms with E-state index in [-0.39, 0.29) is 13.1 Å². The maximum Gasteiger partial charge on any atom is 0.317 e. The van der Waals surface area contributed by atoms with E-state index < -0.39 is 12.3 Å². The molecule has 0 amide bonds. The number of hydrogen-bond acceptors (Lipinski definition) is 4. The lowest BCUT2D eigenvalue weighted by molar-refractivity contribution is -0.136. The zero-order valence-corrected chi connectivity index (χ0v) is 4.74. The molecule has 0 heterocycles. The number of carbonyl (C=O) groups is 1. The lowest BCUT2D eigenvalue weighted by Gasteiger charge is -2.01. The summed E-state index contributed by atoms with van der Waals surface area (Å²) in [7, 11) is 0. The average molecular weight is 135 g/mol. The van der Waals surface area contributed by atoms with E-state index in [9.17, 15) is 4.79 Å². The average Bonchev–Trinajstić information content (AvgIpc) is 1.63. The fraction of sp³-hybridized carbons (Fsp3) is 0.750. The van der Waals surface area contributed by atoms with E-state index in [4.69, 9.17) is 15.3 Å². The van der Waals surface area contributed by atoms with Crippen molar-refractivity contribution in [1.29, 1.82) is 0 Å². The van der Waals surface area contributed by atoms with Crippen molar-refractivity contribution < 1.29 is 20.1 Å². The molecule has 0 radical (unpaired) electrons. The van der Waals surface area contributed by atoms with Crippen LogP contribution in [0.15, 0.2) is 0 Å². The van der Waals surface area contributed by atoms with Crippen molar-refractivity contribution in [2.45, 2.75) is 6.29 Å². The minimum atomic E-state index is -1.48. The highest BCUT2D eigenvalue weighted by atomic mass is 16.5. The standard InChI is InChI=1S/C4H9NO4/c6-3(7)1-5-2-4(8)9/h3,5-7H,1-2H2,(H,8,9). The van der Waals surface area contributed by atoms with Gasteiger partial charge in [-0.05, 0) is 0 Å². The number of hydrogen-bond donors (Lipinski definition) is 4. The van der Waals surface area contributed by atoms with Crippen LogP contribution in [0.2, 0.25) is 0 Å². The highest BCUT2D eigenvalue weighted by Crippen LogP contribution is 1.68. The van der Waals surface area contributed by atoms with Gasteiger partial charge in [-0.1, -0.05) is 0 Å². The molecule has 4 N–H and O–H groups in total. The first-order valence-corrected chi connectivity index (χ1v) is 2.41. The third-order valence-electron chi connectivity index (χ3n) is 0.603. The second-order valence-electron chi connectivity index (χ2n) is 1.51. The SMILES string of the molecule is O=C(O)CNCC(O)O. The van der Waals surface area contributed by atoms with Crippen molar-refractivity contribution in [3.05, 3.63) is 0 Å². The topological polar surface area (TPSA) is 89.8 Å². The Labute approximate surface area is 51.9 Å². The molecule has 0 aromatic heterocycles. The second kappa shape index (κ2) is 4.25. The fourth-order valence-corrected chi connectivity index (χ4v) is 0.308. The minimum absolute atomic E-state index is 0.119. The predicted molar refractivity (Wildman–Crippen MR) is 28.7 cm³/mol. The van der Waals surface area contributed by atoms with E-state index in [0.29, 0.717) is 0 Å². The fourth-order valence-electron chi connectivity index (χ4n) is 0.308. The summed E-state index contributed by atoms with van der Waals surface area (Å²) in [5.74, 6) is -1.02. The van der Waals surface area contributed by atoms with Crippen LogP contribution < -0.4 is 5.32 Å². The van der Waals surface area contributed by atoms with E-state index in [0.717, 1.165) is 0 Å². The van der Waals surface area contributed by atoms with E-state index in [1.807, 2.05) is 0 Å². The van der Waals surface area contributed by atoms with Gasteiger partial charge in [0.2, 0.25) is 0 Å². The Morgan fingerprint density at radius 3 is 2.44 bits per heavy atom. The number of aliphatic hydroxyl groups excluding tert-OH is 1. The van der Waals surface area contributed by atoms with Crippen LogP contribution in [0.1, 0.15) is 0 Å². The van der Waals surface area contributed by atoms with E-state index in [2.05, 4.69) is 5.32 Å². The molecule has 54 valence electrons. The van der Waals surface area contributed by atoms with Crippen LogP contribution in [0, 0.1) is 0 Å². The summed E-state index contributed by atoms with van der Waals surface area (Å²) in [5.41, 5.74) is 0. The summed E-state index contributed by atoms with van der Waals surface area (Å²) in [5, 5.41) is 26.6. The Balaban J connectivity index is 3.01. The molecule has 0 spiro atoms. The first-order valence-electron chi connectivity index (χ1n) is 2.41. The maximum atomic E-state index is 9.76. The van der Waals surface area contributed by atoms with Gasteiger partial charge in [-0.2, -0.15) is 0 Å². The zero-order valence-electron chi connectivity index (χ0n) is 4.74. The van der Waals surface area contributed by atoms with Gasteiger partial charge >= 0.3 is 5.97 Å². The highest BCUT2D eigenvalue weighted by molar-refractivity contribution is 5.68. The highest BCUT2D eigenvalue weighted by Gasteiger charge is 1.97. The van der Waals surface area contributed by atoms with Gasteiger partial charge in [0.25, 0.3) is 0 Å². The number of carboxylic acids is 1. The van der Waals surface area contributed by atoms with Crippen LogP contribution in [0.5, 0.6) is 0 Å². The summed E-state index contributed by atoms with van der Waals surface area (Å²) < 4.78 is 0. The van der Waals surface area contributed by atoms with Crippen LogP contribution in [0.4, 0.5) is 0 Å². The third kappa shape index (κ3) is 7.35. The number of aliphatic hydroxyl groups is 2. The number of aliphatic carboxylic acids is 1. The molecule has 0 rings (SSSR count). The normalized spacial score (nSPS) is 10.1. The number of nitrogens with one attached hydrogen (secondary N) is 1. The largest absolute Gasteiger partial charge is 0.480 e. The molecule has 0 aromatic carbocycles. The van der Waals surface area contributed by atoms with Crippen LogP contribution >= 0.6 is 0 Å². The monoisotopic (exact) mass is 135 g/mol. The smallest absolute Gasteiger partial charge is 0.317 e. The van der Waals surface area contributed by atoms with Gasteiger partial charge in [-0.15, -0.1) is 0 Å². The van der Waals surface area contributed by atoms with E-state index in [1.54, 1.807) is 0 Å². The molecule has 0 aliphatic rings. The Kier molecular flexibility index (Phi) is 3.94. The Hall–Kier alpha value is -0.650. The number of rotatable bonds is 4. The van der Waals surface area contributed by atoms with Gasteiger partial charge in [-0.3, -0.25) is 4.79 Å². The quantitative estimate of drug-likeness (QED) is 0.334. The van der Waals surface area contributed by atoms with E-state index in [1.165, 1.54) is 0 Å². The van der Waals surface area contributed by atoms with Crippen LogP contribution in [0.25, 0.3) is 0 Å². The molecule has 0 saturated heterocycles. The summed E-state index contributed by atoms with van der Waals surface area (Å²) in [6.07, 6.45) is -1.48. The van der Waals surface area contributed by atoms with Gasteiger partial charge in [0, 0.05) is 6.54 Å². The molecule has 0 unspecified atom stereocenters. The Morgan fingerprint density at radius 2 is 2.11 bits per heavy atom. The Morgan fingerprint density at radius 1 is 1.56 bits per heavy atom. The molecular formula is C4H9NO4. The lowest BCUT2D eigenvalue weighted by atomic mass is 10.6. The predicted octanol–water partition coefficient (Wildman–Crippen LogP) is -2.03. The van der Waals surface area contributed by atoms with Gasteiger partial charge in [-0.25, -0.2) is 0 Å². The van der Waals surface area contributed by atoms with Crippen molar-refractivity contribution in [3.63, 3.8) is 0 Å². The Bertz CT molecular complexity index is 92.6. The van der Waals surface area contributed by atoms with E-state index >= 15 is 0 Å². The first-order chi connectivity index (χ1) is 4.13.